The van der Waals surface area contributed by atoms with Gasteiger partial charge < -0.3 is 4.74 Å². The van der Waals surface area contributed by atoms with Crippen LogP contribution in [0.25, 0.3) is 0 Å². The van der Waals surface area contributed by atoms with Gasteiger partial charge in [-0.1, -0.05) is 24.3 Å². The summed E-state index contributed by atoms with van der Waals surface area (Å²) in [5, 5.41) is 8.65. The van der Waals surface area contributed by atoms with E-state index in [1.807, 2.05) is 31.2 Å². The molecule has 1 aromatic rings. The van der Waals surface area contributed by atoms with Crippen LogP contribution in [0.3, 0.4) is 0 Å². The average Bonchev–Trinajstić information content (AvgIpc) is 3.10. The van der Waals surface area contributed by atoms with Gasteiger partial charge in [0.1, 0.15) is 0 Å². The van der Waals surface area contributed by atoms with Crippen molar-refractivity contribution in [2.75, 3.05) is 6.61 Å². The highest BCUT2D eigenvalue weighted by molar-refractivity contribution is 5.77. The zero-order valence-corrected chi connectivity index (χ0v) is 9.85. The summed E-state index contributed by atoms with van der Waals surface area (Å²) in [6, 6.07) is 10.1. The van der Waals surface area contributed by atoms with Gasteiger partial charge in [-0.3, -0.25) is 4.79 Å². The number of rotatable bonds is 4. The molecule has 1 aromatic carbocycles. The fraction of sp³-hybridized carbons (Fsp3) is 0.429. The molecule has 88 valence electrons. The van der Waals surface area contributed by atoms with E-state index in [9.17, 15) is 4.79 Å². The average molecular weight is 229 g/mol. The Bertz CT molecular complexity index is 462. The minimum absolute atomic E-state index is 0.0206. The predicted molar refractivity (Wildman–Crippen MR) is 63.2 cm³/mol. The number of hydrogen-bond donors (Lipinski definition) is 0. The van der Waals surface area contributed by atoms with E-state index in [2.05, 4.69) is 6.07 Å². The van der Waals surface area contributed by atoms with Crippen LogP contribution in [0.1, 0.15) is 30.4 Å². The van der Waals surface area contributed by atoms with Crippen molar-refractivity contribution in [3.8, 4) is 6.07 Å². The maximum Gasteiger partial charge on any atom is 0.309 e. The van der Waals surface area contributed by atoms with E-state index < -0.39 is 0 Å². The Labute approximate surface area is 101 Å². The lowest BCUT2D eigenvalue weighted by Crippen LogP contribution is -2.07. The van der Waals surface area contributed by atoms with Crippen LogP contribution < -0.4 is 0 Å². The zero-order valence-electron chi connectivity index (χ0n) is 9.85. The number of benzene rings is 1. The molecule has 1 fully saturated rings. The molecule has 0 spiro atoms. The van der Waals surface area contributed by atoms with E-state index in [0.717, 1.165) is 17.5 Å². The second kappa shape index (κ2) is 5.01. The Morgan fingerprint density at radius 3 is 3.12 bits per heavy atom. The highest BCUT2D eigenvalue weighted by atomic mass is 16.5. The summed E-state index contributed by atoms with van der Waals surface area (Å²) in [7, 11) is 0. The van der Waals surface area contributed by atoms with E-state index in [4.69, 9.17) is 10.00 Å². The number of hydrogen-bond acceptors (Lipinski definition) is 3. The highest BCUT2D eigenvalue weighted by Crippen LogP contribution is 2.48. The summed E-state index contributed by atoms with van der Waals surface area (Å²) in [5.74, 6) is 0.211. The summed E-state index contributed by atoms with van der Waals surface area (Å²) in [6.07, 6.45) is 1.29. The number of esters is 1. The van der Waals surface area contributed by atoms with Crippen molar-refractivity contribution in [3.63, 3.8) is 0 Å². The SMILES string of the molecule is CCOC(=O)[C@@H]1C[C@H]1c1cccc(CC#N)c1. The van der Waals surface area contributed by atoms with Gasteiger partial charge in [-0.2, -0.15) is 5.26 Å². The first kappa shape index (κ1) is 11.7. The molecule has 1 aliphatic rings. The summed E-state index contributed by atoms with van der Waals surface area (Å²) in [6.45, 7) is 2.26. The maximum absolute atomic E-state index is 11.5. The molecule has 1 saturated carbocycles. The van der Waals surface area contributed by atoms with Crippen molar-refractivity contribution in [2.45, 2.75) is 25.7 Å². The molecule has 0 aromatic heterocycles. The number of carbonyl (C=O) groups excluding carboxylic acids is 1. The van der Waals surface area contributed by atoms with Crippen molar-refractivity contribution in [3.05, 3.63) is 35.4 Å². The lowest BCUT2D eigenvalue weighted by atomic mass is 10.0. The van der Waals surface area contributed by atoms with E-state index in [1.165, 1.54) is 0 Å². The fourth-order valence-electron chi connectivity index (χ4n) is 2.10. The summed E-state index contributed by atoms with van der Waals surface area (Å²) in [4.78, 5) is 11.5. The van der Waals surface area contributed by atoms with Crippen LogP contribution in [0.5, 0.6) is 0 Å². The summed E-state index contributed by atoms with van der Waals surface area (Å²) < 4.78 is 5.00. The lowest BCUT2D eigenvalue weighted by Gasteiger charge is -2.03. The van der Waals surface area contributed by atoms with Crippen molar-refractivity contribution in [1.29, 1.82) is 5.26 Å². The molecule has 0 radical (unpaired) electrons. The van der Waals surface area contributed by atoms with Crippen LogP contribution in [0.2, 0.25) is 0 Å². The molecule has 3 nitrogen and oxygen atoms in total. The topological polar surface area (TPSA) is 50.1 Å². The first-order valence-corrected chi connectivity index (χ1v) is 5.88. The number of carbonyl (C=O) groups is 1. The fourth-order valence-corrected chi connectivity index (χ4v) is 2.10. The molecular formula is C14H15NO2. The second-order valence-electron chi connectivity index (χ2n) is 4.28. The van der Waals surface area contributed by atoms with Gasteiger partial charge in [0.25, 0.3) is 0 Å². The molecule has 0 bridgehead atoms. The molecule has 3 heteroatoms. The van der Waals surface area contributed by atoms with Crippen LogP contribution in [0, 0.1) is 17.2 Å². The minimum atomic E-state index is -0.0943. The molecule has 1 aliphatic carbocycles. The first-order valence-electron chi connectivity index (χ1n) is 5.88. The van der Waals surface area contributed by atoms with Crippen molar-refractivity contribution in [2.24, 2.45) is 5.92 Å². The van der Waals surface area contributed by atoms with Gasteiger partial charge in [0.2, 0.25) is 0 Å². The molecule has 2 atom stereocenters. The summed E-state index contributed by atoms with van der Waals surface area (Å²) in [5.41, 5.74) is 2.16. The molecule has 0 unspecified atom stereocenters. The van der Waals surface area contributed by atoms with Crippen molar-refractivity contribution < 1.29 is 9.53 Å². The van der Waals surface area contributed by atoms with Crippen LogP contribution in [0.15, 0.2) is 24.3 Å². The van der Waals surface area contributed by atoms with Gasteiger partial charge in [-0.05, 0) is 30.4 Å². The molecular weight excluding hydrogens is 214 g/mol. The van der Waals surface area contributed by atoms with E-state index in [-0.39, 0.29) is 17.8 Å². The van der Waals surface area contributed by atoms with E-state index in [1.54, 1.807) is 0 Å². The smallest absolute Gasteiger partial charge is 0.309 e. The van der Waals surface area contributed by atoms with Gasteiger partial charge in [0, 0.05) is 0 Å². The van der Waals surface area contributed by atoms with Crippen LogP contribution in [-0.2, 0) is 16.0 Å². The van der Waals surface area contributed by atoms with Gasteiger partial charge in [0.15, 0.2) is 0 Å². The third-order valence-electron chi connectivity index (χ3n) is 3.04. The third kappa shape index (κ3) is 2.65. The van der Waals surface area contributed by atoms with Crippen LogP contribution in [0.4, 0.5) is 0 Å². The molecule has 17 heavy (non-hydrogen) atoms. The van der Waals surface area contributed by atoms with E-state index >= 15 is 0 Å². The second-order valence-corrected chi connectivity index (χ2v) is 4.28. The monoisotopic (exact) mass is 229 g/mol. The van der Waals surface area contributed by atoms with Crippen molar-refractivity contribution >= 4 is 5.97 Å². The van der Waals surface area contributed by atoms with E-state index in [0.29, 0.717) is 13.0 Å². The first-order chi connectivity index (χ1) is 8.26. The summed E-state index contributed by atoms with van der Waals surface area (Å²) >= 11 is 0. The molecule has 0 saturated heterocycles. The zero-order chi connectivity index (χ0) is 12.3. The number of ether oxygens (including phenoxy) is 1. The molecule has 0 aliphatic heterocycles. The number of nitriles is 1. The maximum atomic E-state index is 11.5. The predicted octanol–water partition coefficient (Wildman–Crippen LogP) is 2.42. The normalized spacial score (nSPS) is 21.6. The van der Waals surface area contributed by atoms with Gasteiger partial charge in [-0.15, -0.1) is 0 Å². The Kier molecular flexibility index (Phi) is 3.43. The molecule has 2 rings (SSSR count). The largest absolute Gasteiger partial charge is 0.466 e. The van der Waals surface area contributed by atoms with Gasteiger partial charge in [-0.25, -0.2) is 0 Å². The van der Waals surface area contributed by atoms with Crippen LogP contribution >= 0.6 is 0 Å². The Balaban J connectivity index is 2.03. The minimum Gasteiger partial charge on any atom is -0.466 e. The highest BCUT2D eigenvalue weighted by Gasteiger charge is 2.45. The standard InChI is InChI=1S/C14H15NO2/c1-2-17-14(16)13-9-12(13)11-5-3-4-10(8-11)6-7-15/h3-5,8,12-13H,2,6,9H2,1H3/t12-,13+/m0/s1. The molecule has 0 heterocycles. The molecule has 0 N–H and O–H groups in total. The Hall–Kier alpha value is -1.82. The van der Waals surface area contributed by atoms with Crippen LogP contribution in [-0.4, -0.2) is 12.6 Å². The van der Waals surface area contributed by atoms with Gasteiger partial charge >= 0.3 is 5.97 Å². The van der Waals surface area contributed by atoms with Crippen molar-refractivity contribution in [1.82, 2.24) is 0 Å². The van der Waals surface area contributed by atoms with Gasteiger partial charge in [0.05, 0.1) is 25.0 Å². The lowest BCUT2D eigenvalue weighted by molar-refractivity contribution is -0.144. The number of nitrogens with zero attached hydrogens (tertiary/aromatic N) is 1. The Morgan fingerprint density at radius 1 is 1.59 bits per heavy atom. The molecule has 0 amide bonds. The third-order valence-corrected chi connectivity index (χ3v) is 3.04. The Morgan fingerprint density at radius 2 is 2.41 bits per heavy atom. The quantitative estimate of drug-likeness (QED) is 0.745.